The van der Waals surface area contributed by atoms with Crippen molar-refractivity contribution in [3.05, 3.63) is 57.3 Å². The van der Waals surface area contributed by atoms with Gasteiger partial charge in [0.1, 0.15) is 11.5 Å². The van der Waals surface area contributed by atoms with E-state index in [1.165, 1.54) is 0 Å². The molecule has 2 heterocycles. The van der Waals surface area contributed by atoms with Crippen molar-refractivity contribution < 1.29 is 9.47 Å². The maximum absolute atomic E-state index is 5.62. The lowest BCUT2D eigenvalue weighted by Gasteiger charge is -2.26. The molecule has 0 saturated carbocycles. The van der Waals surface area contributed by atoms with E-state index in [0.717, 1.165) is 52.3 Å². The van der Waals surface area contributed by atoms with Gasteiger partial charge in [-0.15, -0.1) is 0 Å². The number of benzene rings is 2. The van der Waals surface area contributed by atoms with Gasteiger partial charge in [0, 0.05) is 28.2 Å². The minimum atomic E-state index is 0.233. The Morgan fingerprint density at radius 2 is 2.03 bits per heavy atom. The lowest BCUT2D eigenvalue weighted by molar-refractivity contribution is 0.187. The van der Waals surface area contributed by atoms with Crippen LogP contribution in [-0.4, -0.2) is 40.4 Å². The van der Waals surface area contributed by atoms with E-state index in [1.807, 2.05) is 41.1 Å². The molecule has 0 amide bonds. The molecule has 0 radical (unpaired) electrons. The summed E-state index contributed by atoms with van der Waals surface area (Å²) in [5.41, 5.74) is 2.13. The average Bonchev–Trinajstić information content (AvgIpc) is 3.34. The van der Waals surface area contributed by atoms with Gasteiger partial charge in [-0.1, -0.05) is 34.1 Å². The van der Waals surface area contributed by atoms with Gasteiger partial charge in [-0.3, -0.25) is 10.00 Å². The molecule has 1 saturated heterocycles. The monoisotopic (exact) mass is 474 g/mol. The highest BCUT2D eigenvalue weighted by Gasteiger charge is 2.29. The summed E-state index contributed by atoms with van der Waals surface area (Å²) in [6.45, 7) is 1.62. The fraction of sp³-hybridized carbons (Fsp3) is 0.333. The van der Waals surface area contributed by atoms with Crippen LogP contribution in [0, 0.1) is 4.77 Å². The van der Waals surface area contributed by atoms with Crippen LogP contribution in [0.2, 0.25) is 0 Å². The largest absolute Gasteiger partial charge is 0.497 e. The van der Waals surface area contributed by atoms with Crippen LogP contribution in [0.15, 0.2) is 46.9 Å². The zero-order valence-corrected chi connectivity index (χ0v) is 18.8. The van der Waals surface area contributed by atoms with Crippen molar-refractivity contribution in [3.63, 3.8) is 0 Å². The predicted octanol–water partition coefficient (Wildman–Crippen LogP) is 5.18. The van der Waals surface area contributed by atoms with Gasteiger partial charge in [0.25, 0.3) is 0 Å². The van der Waals surface area contributed by atoms with Crippen LogP contribution < -0.4 is 9.47 Å². The maximum atomic E-state index is 5.62. The third-order valence-electron chi connectivity index (χ3n) is 5.29. The van der Waals surface area contributed by atoms with E-state index in [0.29, 0.717) is 11.4 Å². The summed E-state index contributed by atoms with van der Waals surface area (Å²) in [6, 6.07) is 14.2. The normalized spacial score (nSPS) is 16.9. The van der Waals surface area contributed by atoms with E-state index in [1.54, 1.807) is 14.2 Å². The van der Waals surface area contributed by atoms with Gasteiger partial charge in [0.2, 0.25) is 4.77 Å². The van der Waals surface area contributed by atoms with Gasteiger partial charge in [0.15, 0.2) is 5.82 Å². The Balaban J connectivity index is 1.62. The first-order chi connectivity index (χ1) is 14.1. The summed E-state index contributed by atoms with van der Waals surface area (Å²) in [5.74, 6) is 2.48. The molecule has 6 nitrogen and oxygen atoms in total. The number of hydrogen-bond acceptors (Lipinski definition) is 5. The molecule has 1 N–H and O–H groups in total. The van der Waals surface area contributed by atoms with Crippen molar-refractivity contribution in [2.45, 2.75) is 25.6 Å². The second-order valence-electron chi connectivity index (χ2n) is 6.98. The number of aromatic nitrogens is 3. The smallest absolute Gasteiger partial charge is 0.217 e. The minimum absolute atomic E-state index is 0.233. The first kappa shape index (κ1) is 20.1. The number of hydrogen-bond donors (Lipinski definition) is 1. The Hall–Kier alpha value is -2.16. The van der Waals surface area contributed by atoms with Gasteiger partial charge in [-0.25, -0.2) is 4.68 Å². The van der Waals surface area contributed by atoms with Crippen molar-refractivity contribution in [2.24, 2.45) is 0 Å². The lowest BCUT2D eigenvalue weighted by Crippen LogP contribution is -2.27. The predicted molar refractivity (Wildman–Crippen MR) is 119 cm³/mol. The summed E-state index contributed by atoms with van der Waals surface area (Å²) in [4.78, 5) is 6.96. The number of aromatic amines is 1. The summed E-state index contributed by atoms with van der Waals surface area (Å²) in [5, 5.41) is 3.36. The number of rotatable bonds is 6. The van der Waals surface area contributed by atoms with Crippen LogP contribution in [0.25, 0.3) is 11.4 Å². The molecule has 1 atom stereocenters. The van der Waals surface area contributed by atoms with E-state index in [-0.39, 0.29) is 6.04 Å². The van der Waals surface area contributed by atoms with Crippen molar-refractivity contribution in [2.75, 3.05) is 20.8 Å². The van der Waals surface area contributed by atoms with E-state index in [2.05, 4.69) is 37.0 Å². The van der Waals surface area contributed by atoms with Crippen molar-refractivity contribution in [1.82, 2.24) is 19.7 Å². The molecule has 1 aliphatic heterocycles. The second kappa shape index (κ2) is 8.69. The fourth-order valence-electron chi connectivity index (χ4n) is 3.86. The van der Waals surface area contributed by atoms with Gasteiger partial charge in [-0.05, 0) is 49.3 Å². The summed E-state index contributed by atoms with van der Waals surface area (Å²) < 4.78 is 14.5. The Morgan fingerprint density at radius 3 is 2.79 bits per heavy atom. The van der Waals surface area contributed by atoms with Crippen LogP contribution in [-0.2, 0) is 6.67 Å². The van der Waals surface area contributed by atoms with Crippen molar-refractivity contribution in [3.8, 4) is 22.9 Å². The average molecular weight is 475 g/mol. The zero-order chi connectivity index (χ0) is 20.4. The fourth-order valence-corrected chi connectivity index (χ4v) is 4.52. The molecule has 3 aromatic rings. The zero-order valence-electron chi connectivity index (χ0n) is 16.4. The Morgan fingerprint density at radius 1 is 1.21 bits per heavy atom. The van der Waals surface area contributed by atoms with Crippen LogP contribution in [0.4, 0.5) is 0 Å². The number of methoxy groups -OCH3 is 2. The standard InChI is InChI=1S/C21H23BrN4O2S/c1-27-14-9-10-19(28-2)16(12-14)18-8-5-11-25(18)13-26-21(29)23-20(24-26)15-6-3-4-7-17(15)22/h3-4,6-7,9-10,12,18H,5,8,11,13H2,1-2H3,(H,23,24,29). The molecular weight excluding hydrogens is 452 g/mol. The topological polar surface area (TPSA) is 55.3 Å². The number of nitrogens with zero attached hydrogens (tertiary/aromatic N) is 3. The van der Waals surface area contributed by atoms with Crippen molar-refractivity contribution >= 4 is 28.1 Å². The summed E-state index contributed by atoms with van der Waals surface area (Å²) in [6.07, 6.45) is 2.17. The number of H-pyrrole nitrogens is 1. The molecular formula is C21H23BrN4O2S. The van der Waals surface area contributed by atoms with Gasteiger partial charge in [0.05, 0.1) is 20.9 Å². The van der Waals surface area contributed by atoms with E-state index in [9.17, 15) is 0 Å². The number of halogens is 1. The highest BCUT2D eigenvalue weighted by atomic mass is 79.9. The number of nitrogens with one attached hydrogen (secondary N) is 1. The Kier molecular flexibility index (Phi) is 6.03. The molecule has 4 rings (SSSR count). The van der Waals surface area contributed by atoms with Crippen LogP contribution >= 0.6 is 28.1 Å². The highest BCUT2D eigenvalue weighted by Crippen LogP contribution is 2.39. The minimum Gasteiger partial charge on any atom is -0.497 e. The van der Waals surface area contributed by atoms with Gasteiger partial charge >= 0.3 is 0 Å². The van der Waals surface area contributed by atoms with Gasteiger partial charge < -0.3 is 9.47 Å². The SMILES string of the molecule is COc1ccc(OC)c(C2CCCN2Cn2[nH]c(-c3ccccc3Br)nc2=S)c1. The van der Waals surface area contributed by atoms with E-state index >= 15 is 0 Å². The molecule has 1 fully saturated rings. The Labute approximate surface area is 183 Å². The van der Waals surface area contributed by atoms with Crippen LogP contribution in [0.5, 0.6) is 11.5 Å². The molecule has 2 aromatic carbocycles. The lowest BCUT2D eigenvalue weighted by atomic mass is 10.0. The number of ether oxygens (including phenoxy) is 2. The molecule has 1 aromatic heterocycles. The first-order valence-electron chi connectivity index (χ1n) is 9.48. The molecule has 8 heteroatoms. The van der Waals surface area contributed by atoms with Crippen LogP contribution in [0.3, 0.4) is 0 Å². The molecule has 0 spiro atoms. The molecule has 0 aliphatic carbocycles. The number of likely N-dealkylation sites (tertiary alicyclic amines) is 1. The van der Waals surface area contributed by atoms with Crippen molar-refractivity contribution in [1.29, 1.82) is 0 Å². The first-order valence-corrected chi connectivity index (χ1v) is 10.7. The molecule has 1 unspecified atom stereocenters. The third-order valence-corrected chi connectivity index (χ3v) is 6.29. The molecule has 152 valence electrons. The summed E-state index contributed by atoms with van der Waals surface area (Å²) in [7, 11) is 3.39. The summed E-state index contributed by atoms with van der Waals surface area (Å²) >= 11 is 9.11. The third kappa shape index (κ3) is 4.10. The molecule has 1 aliphatic rings. The molecule has 29 heavy (non-hydrogen) atoms. The van der Waals surface area contributed by atoms with E-state index < -0.39 is 0 Å². The quantitative estimate of drug-likeness (QED) is 0.498. The Bertz CT molecular complexity index is 1060. The maximum Gasteiger partial charge on any atom is 0.217 e. The van der Waals surface area contributed by atoms with E-state index in [4.69, 9.17) is 21.7 Å². The van der Waals surface area contributed by atoms with Gasteiger partial charge in [-0.2, -0.15) is 4.98 Å². The molecule has 0 bridgehead atoms. The van der Waals surface area contributed by atoms with Crippen LogP contribution in [0.1, 0.15) is 24.4 Å². The second-order valence-corrected chi connectivity index (χ2v) is 8.20. The highest BCUT2D eigenvalue weighted by molar-refractivity contribution is 9.10.